The summed E-state index contributed by atoms with van der Waals surface area (Å²) in [5.74, 6) is 0. The molecule has 16 heavy (non-hydrogen) atoms. The number of carbonyl (C=O) groups is 1. The van der Waals surface area contributed by atoms with Gasteiger partial charge in [-0.15, -0.1) is 11.3 Å². The molecule has 0 spiro atoms. The van der Waals surface area contributed by atoms with Gasteiger partial charge in [0.2, 0.25) is 0 Å². The molecule has 0 bridgehead atoms. The molecule has 0 fully saturated rings. The van der Waals surface area contributed by atoms with Crippen LogP contribution in [-0.4, -0.2) is 28.8 Å². The van der Waals surface area contributed by atoms with Gasteiger partial charge in [0, 0.05) is 11.4 Å². The molecule has 1 atom stereocenters. The van der Waals surface area contributed by atoms with E-state index in [1.807, 2.05) is 13.8 Å². The number of aryl methyl sites for hydroxylation is 2. The summed E-state index contributed by atoms with van der Waals surface area (Å²) < 4.78 is 0. The van der Waals surface area contributed by atoms with Gasteiger partial charge in [0.1, 0.15) is 0 Å². The monoisotopic (exact) mass is 243 g/mol. The van der Waals surface area contributed by atoms with Crippen LogP contribution < -0.4 is 10.6 Å². The lowest BCUT2D eigenvalue weighted by atomic mass is 10.3. The third-order valence-electron chi connectivity index (χ3n) is 2.10. The minimum atomic E-state index is -0.398. The maximum atomic E-state index is 11.4. The van der Waals surface area contributed by atoms with Crippen LogP contribution in [-0.2, 0) is 0 Å². The van der Waals surface area contributed by atoms with Crippen LogP contribution in [0.2, 0.25) is 0 Å². The second kappa shape index (κ2) is 5.81. The van der Waals surface area contributed by atoms with Crippen LogP contribution in [0.5, 0.6) is 0 Å². The molecule has 3 N–H and O–H groups in total. The van der Waals surface area contributed by atoms with Crippen LogP contribution in [0.25, 0.3) is 0 Å². The maximum absolute atomic E-state index is 11.4. The van der Waals surface area contributed by atoms with Crippen molar-refractivity contribution in [3.63, 3.8) is 0 Å². The fourth-order valence-corrected chi connectivity index (χ4v) is 1.87. The molecule has 1 unspecified atom stereocenters. The van der Waals surface area contributed by atoms with Crippen molar-refractivity contribution in [2.75, 3.05) is 11.9 Å². The molecule has 0 aliphatic carbocycles. The fourth-order valence-electron chi connectivity index (χ4n) is 1.06. The Morgan fingerprint density at radius 3 is 2.75 bits per heavy atom. The number of carbonyl (C=O) groups excluding carboxylic acids is 1. The summed E-state index contributed by atoms with van der Waals surface area (Å²) in [4.78, 5) is 16.7. The Morgan fingerprint density at radius 1 is 1.56 bits per heavy atom. The van der Waals surface area contributed by atoms with Crippen LogP contribution in [0.4, 0.5) is 9.93 Å². The zero-order chi connectivity index (χ0) is 12.1. The normalized spacial score (nSPS) is 12.2. The average molecular weight is 243 g/mol. The number of nitrogens with zero attached hydrogens (tertiary/aromatic N) is 1. The zero-order valence-electron chi connectivity index (χ0n) is 9.70. The van der Waals surface area contributed by atoms with E-state index in [0.717, 1.165) is 10.6 Å². The van der Waals surface area contributed by atoms with Crippen molar-refractivity contribution >= 4 is 22.5 Å². The minimum absolute atomic E-state index is 0.283. The molecular weight excluding hydrogens is 226 g/mol. The van der Waals surface area contributed by atoms with E-state index in [4.69, 9.17) is 5.11 Å². The first-order chi connectivity index (χ1) is 7.49. The summed E-state index contributed by atoms with van der Waals surface area (Å²) in [5, 5.41) is 14.9. The molecule has 2 amide bonds. The van der Waals surface area contributed by atoms with Crippen molar-refractivity contribution in [1.82, 2.24) is 10.3 Å². The fraction of sp³-hybridized carbons (Fsp3) is 0.600. The third-order valence-corrected chi connectivity index (χ3v) is 3.08. The quantitative estimate of drug-likeness (QED) is 0.752. The molecule has 0 aliphatic rings. The summed E-state index contributed by atoms with van der Waals surface area (Å²) in [6, 6.07) is -0.283. The summed E-state index contributed by atoms with van der Waals surface area (Å²) in [6.07, 6.45) is 0.147. The van der Waals surface area contributed by atoms with Crippen molar-refractivity contribution in [2.45, 2.75) is 33.3 Å². The highest BCUT2D eigenvalue weighted by Gasteiger charge is 2.07. The van der Waals surface area contributed by atoms with Gasteiger partial charge >= 0.3 is 6.03 Å². The topological polar surface area (TPSA) is 74.2 Å². The van der Waals surface area contributed by atoms with E-state index >= 15 is 0 Å². The average Bonchev–Trinajstić information content (AvgIpc) is 2.44. The lowest BCUT2D eigenvalue weighted by molar-refractivity contribution is 0.184. The van der Waals surface area contributed by atoms with Gasteiger partial charge in [-0.05, 0) is 27.2 Å². The van der Waals surface area contributed by atoms with E-state index in [1.165, 1.54) is 11.3 Å². The second-order valence-electron chi connectivity index (χ2n) is 3.68. The standard InChI is InChI=1S/C10H17N3O2S/c1-6(14)4-5-11-9(15)13-10-12-7(2)8(3)16-10/h6,14H,4-5H2,1-3H3,(H2,11,12,13,15). The van der Waals surface area contributed by atoms with Crippen LogP contribution in [0.15, 0.2) is 0 Å². The van der Waals surface area contributed by atoms with E-state index in [0.29, 0.717) is 18.1 Å². The predicted octanol–water partition coefficient (Wildman–Crippen LogP) is 1.65. The van der Waals surface area contributed by atoms with Gasteiger partial charge in [-0.1, -0.05) is 0 Å². The molecule has 0 aliphatic heterocycles. The van der Waals surface area contributed by atoms with Gasteiger partial charge in [0.15, 0.2) is 5.13 Å². The smallest absolute Gasteiger partial charge is 0.321 e. The molecular formula is C10H17N3O2S. The Hall–Kier alpha value is -1.14. The Labute approximate surface area is 98.9 Å². The number of hydrogen-bond donors (Lipinski definition) is 3. The molecule has 1 aromatic rings. The number of hydrogen-bond acceptors (Lipinski definition) is 4. The molecule has 5 nitrogen and oxygen atoms in total. The molecule has 1 heterocycles. The molecule has 90 valence electrons. The van der Waals surface area contributed by atoms with Crippen molar-refractivity contribution in [2.24, 2.45) is 0 Å². The number of aliphatic hydroxyl groups excluding tert-OH is 1. The minimum Gasteiger partial charge on any atom is -0.393 e. The van der Waals surface area contributed by atoms with Crippen LogP contribution in [0, 0.1) is 13.8 Å². The lowest BCUT2D eigenvalue weighted by Crippen LogP contribution is -2.30. The Bertz CT molecular complexity index is 343. The highest BCUT2D eigenvalue weighted by Crippen LogP contribution is 2.20. The molecule has 6 heteroatoms. The van der Waals surface area contributed by atoms with E-state index in [2.05, 4.69) is 15.6 Å². The first-order valence-electron chi connectivity index (χ1n) is 5.16. The Morgan fingerprint density at radius 2 is 2.25 bits per heavy atom. The first kappa shape index (κ1) is 12.9. The predicted molar refractivity (Wildman–Crippen MR) is 64.9 cm³/mol. The van der Waals surface area contributed by atoms with Crippen molar-refractivity contribution < 1.29 is 9.90 Å². The van der Waals surface area contributed by atoms with Crippen LogP contribution >= 0.6 is 11.3 Å². The lowest BCUT2D eigenvalue weighted by Gasteiger charge is -2.06. The second-order valence-corrected chi connectivity index (χ2v) is 4.88. The van der Waals surface area contributed by atoms with Gasteiger partial charge in [-0.2, -0.15) is 0 Å². The van der Waals surface area contributed by atoms with Gasteiger partial charge in [-0.3, -0.25) is 5.32 Å². The zero-order valence-corrected chi connectivity index (χ0v) is 10.5. The maximum Gasteiger partial charge on any atom is 0.321 e. The number of thiazole rings is 1. The molecule has 0 saturated heterocycles. The summed E-state index contributed by atoms with van der Waals surface area (Å²) in [7, 11) is 0. The van der Waals surface area contributed by atoms with E-state index < -0.39 is 6.10 Å². The molecule has 1 aromatic heterocycles. The van der Waals surface area contributed by atoms with Gasteiger partial charge < -0.3 is 10.4 Å². The number of urea groups is 1. The van der Waals surface area contributed by atoms with Crippen molar-refractivity contribution in [3.05, 3.63) is 10.6 Å². The van der Waals surface area contributed by atoms with Crippen LogP contribution in [0.1, 0.15) is 23.9 Å². The first-order valence-corrected chi connectivity index (χ1v) is 5.97. The highest BCUT2D eigenvalue weighted by atomic mass is 32.1. The largest absolute Gasteiger partial charge is 0.393 e. The summed E-state index contributed by atoms with van der Waals surface area (Å²) >= 11 is 1.45. The number of anilines is 1. The number of rotatable bonds is 4. The van der Waals surface area contributed by atoms with Gasteiger partial charge in [-0.25, -0.2) is 9.78 Å². The SMILES string of the molecule is Cc1nc(NC(=O)NCCC(C)O)sc1C. The van der Waals surface area contributed by atoms with E-state index in [9.17, 15) is 4.79 Å². The van der Waals surface area contributed by atoms with Gasteiger partial charge in [0.05, 0.1) is 11.8 Å². The number of aliphatic hydroxyl groups is 1. The molecule has 1 rings (SSSR count). The Kier molecular flexibility index (Phi) is 4.70. The van der Waals surface area contributed by atoms with Crippen molar-refractivity contribution in [3.8, 4) is 0 Å². The summed E-state index contributed by atoms with van der Waals surface area (Å²) in [5.41, 5.74) is 0.935. The summed E-state index contributed by atoms with van der Waals surface area (Å²) in [6.45, 7) is 6.01. The van der Waals surface area contributed by atoms with Crippen molar-refractivity contribution in [1.29, 1.82) is 0 Å². The molecule has 0 saturated carbocycles. The number of aromatic nitrogens is 1. The number of nitrogens with one attached hydrogen (secondary N) is 2. The third kappa shape index (κ3) is 4.16. The molecule has 0 radical (unpaired) electrons. The van der Waals surface area contributed by atoms with E-state index in [-0.39, 0.29) is 6.03 Å². The molecule has 0 aromatic carbocycles. The Balaban J connectivity index is 2.34. The van der Waals surface area contributed by atoms with E-state index in [1.54, 1.807) is 6.92 Å². The number of amides is 2. The van der Waals surface area contributed by atoms with Crippen LogP contribution in [0.3, 0.4) is 0 Å². The highest BCUT2D eigenvalue weighted by molar-refractivity contribution is 7.15. The van der Waals surface area contributed by atoms with Gasteiger partial charge in [0.25, 0.3) is 0 Å².